The van der Waals surface area contributed by atoms with Crippen molar-refractivity contribution in [3.05, 3.63) is 0 Å². The molecule has 0 aliphatic heterocycles. The van der Waals surface area contributed by atoms with Crippen molar-refractivity contribution < 1.29 is 4.79 Å². The maximum absolute atomic E-state index is 11.5. The third-order valence-corrected chi connectivity index (χ3v) is 2.27. The molecule has 1 aromatic heterocycles. The van der Waals surface area contributed by atoms with Crippen LogP contribution in [-0.4, -0.2) is 27.3 Å². The minimum atomic E-state index is -0.347. The first-order chi connectivity index (χ1) is 6.99. The van der Waals surface area contributed by atoms with Crippen LogP contribution in [0.5, 0.6) is 0 Å². The Bertz CT molecular complexity index is 338. The first kappa shape index (κ1) is 11.7. The van der Waals surface area contributed by atoms with Gasteiger partial charge >= 0.3 is 0 Å². The molecule has 0 bridgehead atoms. The van der Waals surface area contributed by atoms with Crippen LogP contribution in [0.1, 0.15) is 20.8 Å². The van der Waals surface area contributed by atoms with Gasteiger partial charge in [-0.05, 0) is 20.8 Å². The summed E-state index contributed by atoms with van der Waals surface area (Å²) in [6.45, 7) is 5.58. The van der Waals surface area contributed by atoms with Gasteiger partial charge in [-0.2, -0.15) is 9.36 Å². The van der Waals surface area contributed by atoms with Crippen LogP contribution in [0.2, 0.25) is 0 Å². The molecule has 84 valence electrons. The number of carbonyl (C=O) groups excluding carboxylic acids is 1. The molecule has 1 heterocycles. The van der Waals surface area contributed by atoms with Gasteiger partial charge < -0.3 is 16.4 Å². The molecule has 0 fully saturated rings. The van der Waals surface area contributed by atoms with Gasteiger partial charge in [0.25, 0.3) is 0 Å². The van der Waals surface area contributed by atoms with E-state index >= 15 is 0 Å². The molecule has 1 rings (SSSR count). The van der Waals surface area contributed by atoms with Gasteiger partial charge in [0.15, 0.2) is 0 Å². The summed E-state index contributed by atoms with van der Waals surface area (Å²) >= 11 is 1.14. The maximum Gasteiger partial charge on any atom is 0.242 e. The first-order valence-corrected chi connectivity index (χ1v) is 5.42. The van der Waals surface area contributed by atoms with Crippen LogP contribution < -0.4 is 16.4 Å². The van der Waals surface area contributed by atoms with Crippen LogP contribution in [0.3, 0.4) is 0 Å². The van der Waals surface area contributed by atoms with E-state index in [9.17, 15) is 4.79 Å². The lowest BCUT2D eigenvalue weighted by molar-refractivity contribution is -0.122. The number of rotatable bonds is 4. The molecule has 1 atom stereocenters. The standard InChI is InChI=1S/C8H15N5OS/c1-4(2)10-6(14)5(3)11-8-12-7(9)13-15-8/h4-5H,1-3H3,(H,10,14)(H3,9,11,12,13). The zero-order chi connectivity index (χ0) is 11.4. The van der Waals surface area contributed by atoms with Crippen molar-refractivity contribution in [2.45, 2.75) is 32.9 Å². The zero-order valence-corrected chi connectivity index (χ0v) is 9.76. The molecular weight excluding hydrogens is 214 g/mol. The number of nitrogen functional groups attached to an aromatic ring is 1. The van der Waals surface area contributed by atoms with Gasteiger partial charge in [-0.15, -0.1) is 0 Å². The molecule has 0 aliphatic rings. The molecule has 0 saturated carbocycles. The Hall–Kier alpha value is -1.37. The van der Waals surface area contributed by atoms with Crippen molar-refractivity contribution in [1.29, 1.82) is 0 Å². The lowest BCUT2D eigenvalue weighted by atomic mass is 10.3. The summed E-state index contributed by atoms with van der Waals surface area (Å²) in [7, 11) is 0. The molecule has 7 heteroatoms. The normalized spacial score (nSPS) is 12.5. The Balaban J connectivity index is 2.48. The van der Waals surface area contributed by atoms with Crippen molar-refractivity contribution in [3.63, 3.8) is 0 Å². The lowest BCUT2D eigenvalue weighted by Gasteiger charge is -2.14. The maximum atomic E-state index is 11.5. The number of carbonyl (C=O) groups is 1. The van der Waals surface area contributed by atoms with Crippen LogP contribution in [-0.2, 0) is 4.79 Å². The molecule has 0 spiro atoms. The predicted octanol–water partition coefficient (Wildman–Crippen LogP) is 0.445. The number of nitrogens with one attached hydrogen (secondary N) is 2. The lowest BCUT2D eigenvalue weighted by Crippen LogP contribution is -2.40. The van der Waals surface area contributed by atoms with Gasteiger partial charge in [0.05, 0.1) is 0 Å². The molecule has 0 saturated heterocycles. The zero-order valence-electron chi connectivity index (χ0n) is 8.94. The Morgan fingerprint density at radius 2 is 2.13 bits per heavy atom. The molecular formula is C8H15N5OS. The van der Waals surface area contributed by atoms with Gasteiger partial charge in [-0.1, -0.05) is 0 Å². The fourth-order valence-corrected chi connectivity index (χ4v) is 1.54. The molecule has 0 aliphatic carbocycles. The number of anilines is 2. The number of hydrogen-bond acceptors (Lipinski definition) is 6. The molecule has 1 amide bonds. The van der Waals surface area contributed by atoms with Gasteiger partial charge in [0.1, 0.15) is 6.04 Å². The number of hydrogen-bond donors (Lipinski definition) is 3. The largest absolute Gasteiger partial charge is 0.367 e. The van der Waals surface area contributed by atoms with E-state index in [0.717, 1.165) is 11.5 Å². The summed E-state index contributed by atoms with van der Waals surface area (Å²) in [6, 6.07) is -0.221. The molecule has 4 N–H and O–H groups in total. The quantitative estimate of drug-likeness (QED) is 0.697. The number of nitrogens with two attached hydrogens (primary N) is 1. The fourth-order valence-electron chi connectivity index (χ4n) is 0.954. The Kier molecular flexibility index (Phi) is 3.84. The van der Waals surface area contributed by atoms with Crippen LogP contribution in [0.25, 0.3) is 0 Å². The molecule has 1 unspecified atom stereocenters. The van der Waals surface area contributed by atoms with E-state index in [1.54, 1.807) is 6.92 Å². The second-order valence-electron chi connectivity index (χ2n) is 3.49. The Morgan fingerprint density at radius 1 is 1.47 bits per heavy atom. The van der Waals surface area contributed by atoms with Crippen molar-refractivity contribution in [1.82, 2.24) is 14.7 Å². The molecule has 0 aromatic carbocycles. The minimum absolute atomic E-state index is 0.0706. The average Bonchev–Trinajstić information content (AvgIpc) is 2.50. The van der Waals surface area contributed by atoms with E-state index in [0.29, 0.717) is 5.13 Å². The number of aromatic nitrogens is 2. The summed E-state index contributed by atoms with van der Waals surface area (Å²) in [6.07, 6.45) is 0. The number of amides is 1. The van der Waals surface area contributed by atoms with Crippen molar-refractivity contribution in [2.24, 2.45) is 0 Å². The fraction of sp³-hybridized carbons (Fsp3) is 0.625. The molecule has 6 nitrogen and oxygen atoms in total. The van der Waals surface area contributed by atoms with Gasteiger partial charge in [-0.25, -0.2) is 0 Å². The highest BCUT2D eigenvalue weighted by atomic mass is 32.1. The summed E-state index contributed by atoms with van der Waals surface area (Å²) in [4.78, 5) is 15.4. The van der Waals surface area contributed by atoms with E-state index in [-0.39, 0.29) is 23.9 Å². The second kappa shape index (κ2) is 4.92. The first-order valence-electron chi connectivity index (χ1n) is 4.65. The van der Waals surface area contributed by atoms with Gasteiger partial charge in [0, 0.05) is 17.6 Å². The summed E-state index contributed by atoms with van der Waals surface area (Å²) < 4.78 is 3.80. The molecule has 0 radical (unpaired) electrons. The third kappa shape index (κ3) is 3.70. The van der Waals surface area contributed by atoms with Crippen molar-refractivity contribution in [3.8, 4) is 0 Å². The monoisotopic (exact) mass is 229 g/mol. The van der Waals surface area contributed by atoms with Gasteiger partial charge in [-0.3, -0.25) is 4.79 Å². The number of nitrogens with zero attached hydrogens (tertiary/aromatic N) is 2. The average molecular weight is 229 g/mol. The molecule has 1 aromatic rings. The Morgan fingerprint density at radius 3 is 2.60 bits per heavy atom. The van der Waals surface area contributed by atoms with Crippen LogP contribution in [0.15, 0.2) is 0 Å². The van der Waals surface area contributed by atoms with E-state index in [4.69, 9.17) is 5.73 Å². The predicted molar refractivity (Wildman–Crippen MR) is 60.7 cm³/mol. The minimum Gasteiger partial charge on any atom is -0.367 e. The summed E-state index contributed by atoms with van der Waals surface area (Å²) in [5.41, 5.74) is 5.36. The van der Waals surface area contributed by atoms with E-state index in [1.165, 1.54) is 0 Å². The van der Waals surface area contributed by atoms with Crippen LogP contribution >= 0.6 is 11.5 Å². The van der Waals surface area contributed by atoms with E-state index < -0.39 is 0 Å². The topological polar surface area (TPSA) is 92.9 Å². The van der Waals surface area contributed by atoms with E-state index in [1.807, 2.05) is 13.8 Å². The van der Waals surface area contributed by atoms with Crippen molar-refractivity contribution in [2.75, 3.05) is 11.1 Å². The smallest absolute Gasteiger partial charge is 0.242 e. The highest BCUT2D eigenvalue weighted by Crippen LogP contribution is 2.12. The highest BCUT2D eigenvalue weighted by Gasteiger charge is 2.14. The third-order valence-electron chi connectivity index (χ3n) is 1.61. The van der Waals surface area contributed by atoms with Crippen molar-refractivity contribution >= 4 is 28.5 Å². The SMILES string of the molecule is CC(C)NC(=O)C(C)Nc1nc(N)ns1. The highest BCUT2D eigenvalue weighted by molar-refractivity contribution is 7.09. The molecule has 15 heavy (non-hydrogen) atoms. The summed E-state index contributed by atoms with van der Waals surface area (Å²) in [5.74, 6) is 0.151. The summed E-state index contributed by atoms with van der Waals surface area (Å²) in [5, 5.41) is 6.27. The van der Waals surface area contributed by atoms with E-state index in [2.05, 4.69) is 20.0 Å². The van der Waals surface area contributed by atoms with Crippen LogP contribution in [0, 0.1) is 0 Å². The van der Waals surface area contributed by atoms with Crippen LogP contribution in [0.4, 0.5) is 11.1 Å². The Labute approximate surface area is 92.4 Å². The van der Waals surface area contributed by atoms with Gasteiger partial charge in [0.2, 0.25) is 17.0 Å². The second-order valence-corrected chi connectivity index (χ2v) is 4.24.